The van der Waals surface area contributed by atoms with E-state index in [0.29, 0.717) is 22.0 Å². The third-order valence-electron chi connectivity index (χ3n) is 2.81. The summed E-state index contributed by atoms with van der Waals surface area (Å²) < 4.78 is 0.913. The molecular formula is C14H12ClIN2O. The number of nitrogens with two attached hydrogens (primary N) is 1. The molecule has 0 aliphatic heterocycles. The number of nitrogen functional groups attached to an aromatic ring is 1. The van der Waals surface area contributed by atoms with Crippen LogP contribution in [0.15, 0.2) is 36.4 Å². The van der Waals surface area contributed by atoms with Crippen molar-refractivity contribution in [2.75, 3.05) is 11.1 Å². The number of amides is 1. The Labute approximate surface area is 130 Å². The molecule has 0 fully saturated rings. The molecule has 0 aromatic heterocycles. The lowest BCUT2D eigenvalue weighted by atomic mass is 10.1. The average molecular weight is 387 g/mol. The summed E-state index contributed by atoms with van der Waals surface area (Å²) in [5.41, 5.74) is 8.54. The van der Waals surface area contributed by atoms with E-state index in [1.165, 1.54) is 0 Å². The molecule has 0 aliphatic rings. The monoisotopic (exact) mass is 386 g/mol. The smallest absolute Gasteiger partial charge is 0.255 e. The minimum absolute atomic E-state index is 0.202. The van der Waals surface area contributed by atoms with Gasteiger partial charge in [0, 0.05) is 20.5 Å². The predicted octanol–water partition coefficient (Wildman–Crippen LogP) is 4.09. The molecule has 0 radical (unpaired) electrons. The first-order valence-corrected chi connectivity index (χ1v) is 7.06. The molecule has 0 aliphatic carbocycles. The Morgan fingerprint density at radius 3 is 2.74 bits per heavy atom. The number of rotatable bonds is 2. The Bertz CT molecular complexity index is 643. The molecule has 2 rings (SSSR count). The van der Waals surface area contributed by atoms with Gasteiger partial charge < -0.3 is 11.1 Å². The van der Waals surface area contributed by atoms with Gasteiger partial charge in [0.25, 0.3) is 5.91 Å². The van der Waals surface area contributed by atoms with Crippen LogP contribution in [0.2, 0.25) is 5.02 Å². The third kappa shape index (κ3) is 3.19. The van der Waals surface area contributed by atoms with E-state index in [9.17, 15) is 4.79 Å². The standard InChI is InChI=1S/C14H12ClIN2O/c1-8-12(17)3-2-4-13(8)18-14(19)9-5-6-11(16)10(15)7-9/h2-7H,17H2,1H3,(H,18,19). The Morgan fingerprint density at radius 1 is 1.32 bits per heavy atom. The fraction of sp³-hybridized carbons (Fsp3) is 0.0714. The molecule has 98 valence electrons. The molecule has 3 nitrogen and oxygen atoms in total. The fourth-order valence-corrected chi connectivity index (χ4v) is 2.14. The van der Waals surface area contributed by atoms with Gasteiger partial charge in [-0.3, -0.25) is 4.79 Å². The number of hydrogen-bond donors (Lipinski definition) is 2. The van der Waals surface area contributed by atoms with E-state index in [2.05, 4.69) is 27.9 Å². The van der Waals surface area contributed by atoms with Crippen LogP contribution in [0.4, 0.5) is 11.4 Å². The Balaban J connectivity index is 2.26. The summed E-state index contributed by atoms with van der Waals surface area (Å²) >= 11 is 8.13. The number of anilines is 2. The maximum absolute atomic E-state index is 12.1. The molecule has 0 atom stereocenters. The van der Waals surface area contributed by atoms with Gasteiger partial charge in [-0.2, -0.15) is 0 Å². The van der Waals surface area contributed by atoms with Crippen LogP contribution in [0, 0.1) is 10.5 Å². The van der Waals surface area contributed by atoms with Crippen molar-refractivity contribution in [2.45, 2.75) is 6.92 Å². The summed E-state index contributed by atoms with van der Waals surface area (Å²) in [6.45, 7) is 1.87. The maximum atomic E-state index is 12.1. The van der Waals surface area contributed by atoms with Crippen LogP contribution in [0.3, 0.4) is 0 Å². The second-order valence-corrected chi connectivity index (χ2v) is 5.67. The second-order valence-electron chi connectivity index (χ2n) is 4.10. The first-order valence-electron chi connectivity index (χ1n) is 5.60. The molecule has 2 aromatic rings. The zero-order valence-electron chi connectivity index (χ0n) is 10.2. The van der Waals surface area contributed by atoms with Crippen molar-refractivity contribution in [3.05, 3.63) is 56.1 Å². The van der Waals surface area contributed by atoms with E-state index in [1.54, 1.807) is 24.3 Å². The molecule has 5 heteroatoms. The van der Waals surface area contributed by atoms with Crippen LogP contribution in [0.25, 0.3) is 0 Å². The zero-order chi connectivity index (χ0) is 14.0. The van der Waals surface area contributed by atoms with E-state index >= 15 is 0 Å². The summed E-state index contributed by atoms with van der Waals surface area (Å²) in [6, 6.07) is 10.6. The van der Waals surface area contributed by atoms with Gasteiger partial charge in [0.05, 0.1) is 5.02 Å². The summed E-state index contributed by atoms with van der Waals surface area (Å²) in [5.74, 6) is -0.202. The number of halogens is 2. The largest absolute Gasteiger partial charge is 0.398 e. The van der Waals surface area contributed by atoms with E-state index < -0.39 is 0 Å². The quantitative estimate of drug-likeness (QED) is 0.603. The van der Waals surface area contributed by atoms with Gasteiger partial charge in [-0.1, -0.05) is 17.7 Å². The van der Waals surface area contributed by atoms with E-state index in [0.717, 1.165) is 9.13 Å². The van der Waals surface area contributed by atoms with E-state index in [4.69, 9.17) is 17.3 Å². The van der Waals surface area contributed by atoms with Crippen molar-refractivity contribution in [2.24, 2.45) is 0 Å². The van der Waals surface area contributed by atoms with Gasteiger partial charge in [0.15, 0.2) is 0 Å². The Hall–Kier alpha value is -1.27. The van der Waals surface area contributed by atoms with Crippen molar-refractivity contribution in [3.63, 3.8) is 0 Å². The van der Waals surface area contributed by atoms with Crippen LogP contribution >= 0.6 is 34.2 Å². The highest BCUT2D eigenvalue weighted by Gasteiger charge is 2.10. The van der Waals surface area contributed by atoms with Crippen LogP contribution in [-0.4, -0.2) is 5.91 Å². The predicted molar refractivity (Wildman–Crippen MR) is 87.7 cm³/mol. The number of benzene rings is 2. The minimum Gasteiger partial charge on any atom is -0.398 e. The molecule has 19 heavy (non-hydrogen) atoms. The molecule has 0 saturated carbocycles. The first kappa shape index (κ1) is 14.1. The molecule has 0 bridgehead atoms. The number of carbonyl (C=O) groups excluding carboxylic acids is 1. The highest BCUT2D eigenvalue weighted by Crippen LogP contribution is 2.23. The molecule has 0 spiro atoms. The lowest BCUT2D eigenvalue weighted by Crippen LogP contribution is -2.13. The third-order valence-corrected chi connectivity index (χ3v) is 4.38. The van der Waals surface area contributed by atoms with Gasteiger partial charge in [-0.15, -0.1) is 0 Å². The Morgan fingerprint density at radius 2 is 2.05 bits per heavy atom. The average Bonchev–Trinajstić information content (AvgIpc) is 2.38. The molecule has 1 amide bonds. The second kappa shape index (κ2) is 5.79. The SMILES string of the molecule is Cc1c(N)cccc1NC(=O)c1ccc(I)c(Cl)c1. The number of hydrogen-bond acceptors (Lipinski definition) is 2. The van der Waals surface area contributed by atoms with Crippen LogP contribution < -0.4 is 11.1 Å². The molecule has 3 N–H and O–H groups in total. The summed E-state index contributed by atoms with van der Waals surface area (Å²) in [6.07, 6.45) is 0. The van der Waals surface area contributed by atoms with Crippen LogP contribution in [-0.2, 0) is 0 Å². The van der Waals surface area contributed by atoms with Crippen molar-refractivity contribution in [3.8, 4) is 0 Å². The lowest BCUT2D eigenvalue weighted by Gasteiger charge is -2.10. The molecule has 0 unspecified atom stereocenters. The van der Waals surface area contributed by atoms with Gasteiger partial charge in [0.1, 0.15) is 0 Å². The summed E-state index contributed by atoms with van der Waals surface area (Å²) in [4.78, 5) is 12.1. The molecule has 0 heterocycles. The molecule has 2 aromatic carbocycles. The van der Waals surface area contributed by atoms with Crippen molar-refractivity contribution in [1.29, 1.82) is 0 Å². The topological polar surface area (TPSA) is 55.1 Å². The van der Waals surface area contributed by atoms with Crippen molar-refractivity contribution >= 4 is 51.5 Å². The normalized spacial score (nSPS) is 10.3. The first-order chi connectivity index (χ1) is 8.99. The molecular weight excluding hydrogens is 375 g/mol. The highest BCUT2D eigenvalue weighted by atomic mass is 127. The van der Waals surface area contributed by atoms with Crippen molar-refractivity contribution in [1.82, 2.24) is 0 Å². The van der Waals surface area contributed by atoms with Crippen LogP contribution in [0.1, 0.15) is 15.9 Å². The number of carbonyl (C=O) groups is 1. The number of nitrogens with one attached hydrogen (secondary N) is 1. The minimum atomic E-state index is -0.202. The Kier molecular flexibility index (Phi) is 4.31. The van der Waals surface area contributed by atoms with E-state index in [1.807, 2.05) is 19.1 Å². The molecule has 0 saturated heterocycles. The van der Waals surface area contributed by atoms with Gasteiger partial charge in [0.2, 0.25) is 0 Å². The zero-order valence-corrected chi connectivity index (χ0v) is 13.1. The lowest BCUT2D eigenvalue weighted by molar-refractivity contribution is 0.102. The van der Waals surface area contributed by atoms with E-state index in [-0.39, 0.29) is 5.91 Å². The van der Waals surface area contributed by atoms with Gasteiger partial charge in [-0.05, 0) is 65.4 Å². The van der Waals surface area contributed by atoms with Crippen LogP contribution in [0.5, 0.6) is 0 Å². The van der Waals surface area contributed by atoms with Gasteiger partial charge >= 0.3 is 0 Å². The van der Waals surface area contributed by atoms with Crippen molar-refractivity contribution < 1.29 is 4.79 Å². The highest BCUT2D eigenvalue weighted by molar-refractivity contribution is 14.1. The summed E-state index contributed by atoms with van der Waals surface area (Å²) in [7, 11) is 0. The van der Waals surface area contributed by atoms with Gasteiger partial charge in [-0.25, -0.2) is 0 Å². The summed E-state index contributed by atoms with van der Waals surface area (Å²) in [5, 5.41) is 3.40. The fourth-order valence-electron chi connectivity index (χ4n) is 1.62. The maximum Gasteiger partial charge on any atom is 0.255 e.